The number of aliphatic carboxylic acids is 1. The lowest BCUT2D eigenvalue weighted by Gasteiger charge is -2.31. The van der Waals surface area contributed by atoms with Crippen molar-refractivity contribution < 1.29 is 9.90 Å². The lowest BCUT2D eigenvalue weighted by Crippen LogP contribution is -2.40. The van der Waals surface area contributed by atoms with E-state index in [0.717, 1.165) is 24.7 Å². The number of alkyl halides is 1. The Balaban J connectivity index is 2.14. The summed E-state index contributed by atoms with van der Waals surface area (Å²) in [7, 11) is 0. The molecule has 2 nitrogen and oxygen atoms in total. The van der Waals surface area contributed by atoms with Gasteiger partial charge in [-0.2, -0.15) is 0 Å². The molecule has 0 aliphatic heterocycles. The van der Waals surface area contributed by atoms with Gasteiger partial charge < -0.3 is 5.11 Å². The summed E-state index contributed by atoms with van der Waals surface area (Å²) < 4.78 is 0.131. The van der Waals surface area contributed by atoms with Gasteiger partial charge in [0.2, 0.25) is 0 Å². The van der Waals surface area contributed by atoms with Gasteiger partial charge in [0, 0.05) is 3.42 Å². The maximum absolute atomic E-state index is 11.2. The zero-order valence-electron chi connectivity index (χ0n) is 6.72. The average molecular weight is 278 g/mol. The molecule has 2 atom stereocenters. The summed E-state index contributed by atoms with van der Waals surface area (Å²) in [6.45, 7) is 0. The monoisotopic (exact) mass is 278 g/mol. The van der Waals surface area contributed by atoms with E-state index >= 15 is 0 Å². The van der Waals surface area contributed by atoms with E-state index in [1.165, 1.54) is 12.8 Å². The third-order valence-corrected chi connectivity index (χ3v) is 6.24. The highest BCUT2D eigenvalue weighted by Gasteiger charge is 2.74. The lowest BCUT2D eigenvalue weighted by molar-refractivity contribution is -0.148. The van der Waals surface area contributed by atoms with E-state index < -0.39 is 5.97 Å². The molecule has 4 saturated carbocycles. The minimum Gasteiger partial charge on any atom is -0.481 e. The summed E-state index contributed by atoms with van der Waals surface area (Å²) in [5.41, 5.74) is -0.317. The highest BCUT2D eigenvalue weighted by Crippen LogP contribution is 2.75. The van der Waals surface area contributed by atoms with Gasteiger partial charge in [-0.3, -0.25) is 4.79 Å². The fourth-order valence-corrected chi connectivity index (χ4v) is 5.63. The quantitative estimate of drug-likeness (QED) is 0.589. The van der Waals surface area contributed by atoms with Crippen LogP contribution in [0.2, 0.25) is 0 Å². The van der Waals surface area contributed by atoms with E-state index in [2.05, 4.69) is 22.6 Å². The zero-order chi connectivity index (χ0) is 8.56. The molecule has 0 heterocycles. The molecule has 4 aliphatic carbocycles. The number of carbonyl (C=O) groups is 1. The van der Waals surface area contributed by atoms with Crippen LogP contribution in [-0.4, -0.2) is 14.5 Å². The number of hydrogen-bond acceptors (Lipinski definition) is 1. The maximum Gasteiger partial charge on any atom is 0.311 e. The van der Waals surface area contributed by atoms with Crippen molar-refractivity contribution in [3.63, 3.8) is 0 Å². The predicted molar refractivity (Wildman–Crippen MR) is 52.3 cm³/mol. The van der Waals surface area contributed by atoms with Crippen molar-refractivity contribution >= 4 is 28.6 Å². The largest absolute Gasteiger partial charge is 0.481 e. The SMILES string of the molecule is O=C(O)C12CC3CC1(I)CC3C2. The van der Waals surface area contributed by atoms with Crippen LogP contribution in [-0.2, 0) is 4.79 Å². The standard InChI is InChI=1S/C9H11IO2/c10-9-3-5-1-8(9,7(11)12)2-6(5)4-9/h5-6H,1-4H2,(H,11,12). The molecule has 4 fully saturated rings. The van der Waals surface area contributed by atoms with Crippen LogP contribution in [0.4, 0.5) is 0 Å². The Labute approximate surface area is 84.9 Å². The van der Waals surface area contributed by atoms with Crippen molar-refractivity contribution in [3.8, 4) is 0 Å². The molecule has 3 heteroatoms. The molecule has 0 radical (unpaired) electrons. The molecule has 0 aromatic carbocycles. The Bertz CT molecular complexity index is 260. The van der Waals surface area contributed by atoms with Crippen molar-refractivity contribution in [1.82, 2.24) is 0 Å². The van der Waals surface area contributed by atoms with E-state index in [1.54, 1.807) is 0 Å². The summed E-state index contributed by atoms with van der Waals surface area (Å²) >= 11 is 2.43. The Morgan fingerprint density at radius 1 is 1.25 bits per heavy atom. The van der Waals surface area contributed by atoms with Crippen LogP contribution in [0, 0.1) is 17.3 Å². The number of hydrogen-bond donors (Lipinski definition) is 1. The van der Waals surface area contributed by atoms with E-state index in [4.69, 9.17) is 0 Å². The first-order valence-corrected chi connectivity index (χ1v) is 5.58. The molecule has 2 unspecified atom stereocenters. The van der Waals surface area contributed by atoms with Gasteiger partial charge in [-0.25, -0.2) is 0 Å². The second kappa shape index (κ2) is 1.83. The number of carboxylic acids is 1. The van der Waals surface area contributed by atoms with Gasteiger partial charge >= 0.3 is 5.97 Å². The van der Waals surface area contributed by atoms with Gasteiger partial charge in [0.15, 0.2) is 0 Å². The topological polar surface area (TPSA) is 37.3 Å². The summed E-state index contributed by atoms with van der Waals surface area (Å²) in [4.78, 5) is 11.2. The number of rotatable bonds is 1. The van der Waals surface area contributed by atoms with Gasteiger partial charge in [0.05, 0.1) is 5.41 Å². The van der Waals surface area contributed by atoms with E-state index in [-0.39, 0.29) is 8.84 Å². The molecular formula is C9H11IO2. The van der Waals surface area contributed by atoms with Crippen LogP contribution >= 0.6 is 22.6 Å². The molecule has 12 heavy (non-hydrogen) atoms. The predicted octanol–water partition coefficient (Wildman–Crippen LogP) is 2.06. The van der Waals surface area contributed by atoms with Crippen molar-refractivity contribution in [2.24, 2.45) is 17.3 Å². The Hall–Kier alpha value is 0.200. The summed E-state index contributed by atoms with van der Waals surface area (Å²) in [6.07, 6.45) is 4.28. The normalized spacial score (nSPS) is 60.1. The minimum atomic E-state index is -0.528. The smallest absolute Gasteiger partial charge is 0.311 e. The van der Waals surface area contributed by atoms with Crippen LogP contribution in [0.5, 0.6) is 0 Å². The first-order valence-electron chi connectivity index (χ1n) is 4.50. The fraction of sp³-hybridized carbons (Fsp3) is 0.889. The molecule has 4 bridgehead atoms. The molecule has 0 saturated heterocycles. The minimum absolute atomic E-state index is 0.131. The Morgan fingerprint density at radius 3 is 1.92 bits per heavy atom. The lowest BCUT2D eigenvalue weighted by atomic mass is 9.81. The highest BCUT2D eigenvalue weighted by molar-refractivity contribution is 14.1. The van der Waals surface area contributed by atoms with Gasteiger partial charge in [0.1, 0.15) is 0 Å². The molecule has 4 rings (SSSR count). The number of halogens is 1. The average Bonchev–Trinajstić information content (AvgIpc) is 2.51. The van der Waals surface area contributed by atoms with Crippen molar-refractivity contribution in [2.45, 2.75) is 29.1 Å². The van der Waals surface area contributed by atoms with Crippen LogP contribution in [0.1, 0.15) is 25.7 Å². The van der Waals surface area contributed by atoms with Gasteiger partial charge in [-0.05, 0) is 37.5 Å². The Morgan fingerprint density at radius 2 is 1.75 bits per heavy atom. The molecule has 0 amide bonds. The first kappa shape index (κ1) is 7.59. The molecule has 66 valence electrons. The van der Waals surface area contributed by atoms with Gasteiger partial charge in [-0.1, -0.05) is 22.6 Å². The molecule has 4 aliphatic rings. The van der Waals surface area contributed by atoms with Gasteiger partial charge in [0.25, 0.3) is 0 Å². The molecule has 0 aromatic rings. The number of carboxylic acid groups (broad SMARTS) is 1. The van der Waals surface area contributed by atoms with Gasteiger partial charge in [-0.15, -0.1) is 0 Å². The molecular weight excluding hydrogens is 267 g/mol. The Kier molecular flexibility index (Phi) is 1.16. The van der Waals surface area contributed by atoms with Crippen molar-refractivity contribution in [1.29, 1.82) is 0 Å². The van der Waals surface area contributed by atoms with Crippen LogP contribution in [0.15, 0.2) is 0 Å². The van der Waals surface area contributed by atoms with Crippen molar-refractivity contribution in [2.75, 3.05) is 0 Å². The zero-order valence-corrected chi connectivity index (χ0v) is 8.87. The third kappa shape index (κ3) is 0.562. The summed E-state index contributed by atoms with van der Waals surface area (Å²) in [5.74, 6) is 0.968. The fourth-order valence-electron chi connectivity index (χ4n) is 3.83. The molecule has 0 aromatic heterocycles. The maximum atomic E-state index is 11.2. The first-order chi connectivity index (χ1) is 5.57. The van der Waals surface area contributed by atoms with E-state index in [1.807, 2.05) is 0 Å². The van der Waals surface area contributed by atoms with Crippen LogP contribution in [0.25, 0.3) is 0 Å². The molecule has 0 spiro atoms. The second-order valence-corrected chi connectivity index (χ2v) is 6.75. The summed E-state index contributed by atoms with van der Waals surface area (Å²) in [5, 5.41) is 9.25. The van der Waals surface area contributed by atoms with E-state index in [9.17, 15) is 9.90 Å². The summed E-state index contributed by atoms with van der Waals surface area (Å²) in [6, 6.07) is 0. The third-order valence-electron chi connectivity index (χ3n) is 4.33. The second-order valence-electron chi connectivity index (χ2n) is 4.69. The van der Waals surface area contributed by atoms with Crippen LogP contribution < -0.4 is 0 Å². The van der Waals surface area contributed by atoms with Crippen molar-refractivity contribution in [3.05, 3.63) is 0 Å². The van der Waals surface area contributed by atoms with Crippen LogP contribution in [0.3, 0.4) is 0 Å². The van der Waals surface area contributed by atoms with E-state index in [0.29, 0.717) is 0 Å². The molecule has 1 N–H and O–H groups in total. The highest BCUT2D eigenvalue weighted by atomic mass is 127.